The summed E-state index contributed by atoms with van der Waals surface area (Å²) >= 11 is 0. The largest absolute Gasteiger partial charge is 0.320 e. The van der Waals surface area contributed by atoms with E-state index in [1.54, 1.807) is 0 Å². The second kappa shape index (κ2) is 12.9. The molecule has 0 aliphatic rings. The third-order valence-electron chi connectivity index (χ3n) is 3.72. The molecule has 0 bridgehead atoms. The van der Waals surface area contributed by atoms with Crippen molar-refractivity contribution in [2.75, 3.05) is 0 Å². The van der Waals surface area contributed by atoms with Crippen molar-refractivity contribution in [2.45, 2.75) is 42.7 Å². The number of hydrogen-bond acceptors (Lipinski definition) is 12. The van der Waals surface area contributed by atoms with Gasteiger partial charge < -0.3 is 0 Å². The quantitative estimate of drug-likeness (QED) is 0.108. The molecule has 206 valence electrons. The first-order valence-corrected chi connectivity index (χ1v) is 24.4. The number of benzene rings is 1. The highest BCUT2D eigenvalue weighted by Crippen LogP contribution is 2.36. The lowest BCUT2D eigenvalue weighted by molar-refractivity contribution is 0.500. The molecule has 1 aromatic rings. The van der Waals surface area contributed by atoms with Crippen molar-refractivity contribution in [1.82, 2.24) is 0 Å². The molecule has 0 aliphatic carbocycles. The molecular weight excluding hydrogens is 657 g/mol. The van der Waals surface area contributed by atoms with E-state index in [0.717, 1.165) is 0 Å². The molecule has 36 heavy (non-hydrogen) atoms. The second-order valence-corrected chi connectivity index (χ2v) is 25.9. The van der Waals surface area contributed by atoms with E-state index in [9.17, 15) is 51.9 Å². The highest BCUT2D eigenvalue weighted by molar-refractivity contribution is 8.70. The van der Waals surface area contributed by atoms with Gasteiger partial charge in [-0.25, -0.2) is 0 Å². The minimum atomic E-state index is -4.59. The van der Waals surface area contributed by atoms with E-state index in [4.69, 9.17) is 0 Å². The van der Waals surface area contributed by atoms with E-state index in [0.29, 0.717) is 0 Å². The Morgan fingerprint density at radius 1 is 0.639 bits per heavy atom. The van der Waals surface area contributed by atoms with Crippen LogP contribution in [0.4, 0.5) is 0 Å². The zero-order valence-electron chi connectivity index (χ0n) is 18.7. The van der Waals surface area contributed by atoms with Crippen LogP contribution >= 0.6 is 43.2 Å². The summed E-state index contributed by atoms with van der Waals surface area (Å²) in [6.45, 7) is 5.60. The summed E-state index contributed by atoms with van der Waals surface area (Å²) in [5.74, 6) is 1.03. The van der Waals surface area contributed by atoms with Crippen molar-refractivity contribution >= 4 is 87.9 Å². The van der Waals surface area contributed by atoms with Gasteiger partial charge in [0, 0.05) is 71.8 Å². The molecule has 0 unspecified atom stereocenters. The first-order valence-electron chi connectivity index (χ1n) is 9.13. The van der Waals surface area contributed by atoms with Crippen LogP contribution in [0.2, 0.25) is 19.6 Å². The normalized spacial score (nSPS) is 13.3. The van der Waals surface area contributed by atoms with E-state index in [1.165, 1.54) is 6.07 Å². The minimum absolute atomic E-state index is 0.0455. The number of rotatable bonds is 12. The SMILES string of the molecule is C[Si](C)(C)C#Cc1c(CSS(=O)(=O)O)c(CSS(=O)(=O)O)cc(CSS(=O)(=O)O)c1CSS(=O)(=O)O. The van der Waals surface area contributed by atoms with Crippen LogP contribution in [0, 0.1) is 11.5 Å². The standard InChI is InChI=1S/C15H22O12S8Si/c1-36(2,3)5-4-13-14(9-30-34(22,23)24)11(7-28-32(16,17)18)6-12(8-29-33(19,20)21)15(13)10-31-35(25,26)27/h6H,7-10H2,1-3H3,(H,16,17,18)(H,19,20,21)(H,22,23,24)(H,25,26,27). The van der Waals surface area contributed by atoms with Gasteiger partial charge >= 0.3 is 36.6 Å². The zero-order chi connectivity index (χ0) is 28.2. The van der Waals surface area contributed by atoms with E-state index in [2.05, 4.69) is 11.5 Å². The van der Waals surface area contributed by atoms with Crippen LogP contribution in [-0.4, -0.2) is 60.0 Å². The molecule has 0 radical (unpaired) electrons. The van der Waals surface area contributed by atoms with E-state index < -0.39 is 67.7 Å². The summed E-state index contributed by atoms with van der Waals surface area (Å²) in [4.78, 5) is 0. The van der Waals surface area contributed by atoms with Crippen LogP contribution in [0.15, 0.2) is 6.07 Å². The van der Waals surface area contributed by atoms with Crippen molar-refractivity contribution < 1.29 is 51.9 Å². The Morgan fingerprint density at radius 2 is 0.944 bits per heavy atom. The van der Waals surface area contributed by atoms with Crippen molar-refractivity contribution in [1.29, 1.82) is 0 Å². The van der Waals surface area contributed by atoms with Gasteiger partial charge in [-0.15, -0.1) is 5.54 Å². The fourth-order valence-electron chi connectivity index (χ4n) is 2.42. The first-order chi connectivity index (χ1) is 16.0. The van der Waals surface area contributed by atoms with Crippen molar-refractivity contribution in [2.24, 2.45) is 0 Å². The number of hydrogen-bond donors (Lipinski definition) is 4. The molecule has 0 amide bonds. The smallest absolute Gasteiger partial charge is 0.277 e. The van der Waals surface area contributed by atoms with E-state index in [-0.39, 0.29) is 71.0 Å². The van der Waals surface area contributed by atoms with Crippen LogP contribution in [0.5, 0.6) is 0 Å². The Bertz CT molecular complexity index is 1370. The Labute approximate surface area is 226 Å². The fraction of sp³-hybridized carbons (Fsp3) is 0.467. The van der Waals surface area contributed by atoms with Gasteiger partial charge in [0.1, 0.15) is 8.07 Å². The van der Waals surface area contributed by atoms with Crippen LogP contribution in [-0.2, 0) is 59.6 Å². The highest BCUT2D eigenvalue weighted by atomic mass is 33.2. The molecule has 12 nitrogen and oxygen atoms in total. The molecule has 0 spiro atoms. The zero-order valence-corrected chi connectivity index (χ0v) is 26.3. The predicted octanol–water partition coefficient (Wildman–Crippen LogP) is 3.06. The van der Waals surface area contributed by atoms with Gasteiger partial charge in [0.25, 0.3) is 0 Å². The van der Waals surface area contributed by atoms with E-state index in [1.807, 2.05) is 19.6 Å². The molecule has 1 rings (SSSR count). The van der Waals surface area contributed by atoms with Crippen molar-refractivity contribution in [3.8, 4) is 11.5 Å². The first kappa shape index (κ1) is 34.1. The lowest BCUT2D eigenvalue weighted by Crippen LogP contribution is -2.17. The van der Waals surface area contributed by atoms with Gasteiger partial charge in [0.2, 0.25) is 0 Å². The molecule has 4 N–H and O–H groups in total. The lowest BCUT2D eigenvalue weighted by atomic mass is 9.94. The molecule has 21 heteroatoms. The maximum absolute atomic E-state index is 11.4. The summed E-state index contributed by atoms with van der Waals surface area (Å²) in [7, 11) is -20.1. The Morgan fingerprint density at radius 3 is 1.22 bits per heavy atom. The third-order valence-corrected chi connectivity index (χ3v) is 12.4. The summed E-state index contributed by atoms with van der Waals surface area (Å²) < 4.78 is 128. The van der Waals surface area contributed by atoms with E-state index >= 15 is 0 Å². The molecular formula is C15H22O12S8Si. The predicted molar refractivity (Wildman–Crippen MR) is 148 cm³/mol. The monoisotopic (exact) mass is 678 g/mol. The maximum atomic E-state index is 11.4. The van der Waals surface area contributed by atoms with Crippen molar-refractivity contribution in [3.05, 3.63) is 33.9 Å². The van der Waals surface area contributed by atoms with Gasteiger partial charge in [0.15, 0.2) is 0 Å². The summed E-state index contributed by atoms with van der Waals surface area (Å²) in [5.41, 5.74) is 3.43. The van der Waals surface area contributed by atoms with Crippen LogP contribution in [0.1, 0.15) is 27.8 Å². The molecule has 0 aliphatic heterocycles. The summed E-state index contributed by atoms with van der Waals surface area (Å²) in [6.07, 6.45) is 0. The molecule has 0 aromatic heterocycles. The van der Waals surface area contributed by atoms with Crippen molar-refractivity contribution in [3.63, 3.8) is 0 Å². The highest BCUT2D eigenvalue weighted by Gasteiger charge is 2.23. The molecule has 0 atom stereocenters. The summed E-state index contributed by atoms with van der Waals surface area (Å²) in [6, 6.07) is 1.26. The molecule has 1 aromatic carbocycles. The van der Waals surface area contributed by atoms with Crippen LogP contribution < -0.4 is 0 Å². The molecule has 0 saturated carbocycles. The minimum Gasteiger partial charge on any atom is -0.277 e. The molecule has 0 saturated heterocycles. The van der Waals surface area contributed by atoms with Crippen LogP contribution in [0.3, 0.4) is 0 Å². The fourth-order valence-corrected chi connectivity index (χ4v) is 8.43. The third kappa shape index (κ3) is 14.8. The maximum Gasteiger partial charge on any atom is 0.320 e. The molecule has 0 heterocycles. The Hall–Kier alpha value is 0.0369. The van der Waals surface area contributed by atoms with Gasteiger partial charge in [0.05, 0.1) is 0 Å². The van der Waals surface area contributed by atoms with Gasteiger partial charge in [-0.2, -0.15) is 33.7 Å². The Kier molecular flexibility index (Phi) is 12.2. The topological polar surface area (TPSA) is 217 Å². The Balaban J connectivity index is 4.04. The van der Waals surface area contributed by atoms with Gasteiger partial charge in [-0.1, -0.05) is 31.6 Å². The summed E-state index contributed by atoms with van der Waals surface area (Å²) in [5, 5.41) is 0. The average Bonchev–Trinajstić information content (AvgIpc) is 2.63. The van der Waals surface area contributed by atoms with Gasteiger partial charge in [-0.05, 0) is 22.3 Å². The lowest BCUT2D eigenvalue weighted by Gasteiger charge is -2.19. The average molecular weight is 679 g/mol. The second-order valence-electron chi connectivity index (χ2n) is 7.79. The van der Waals surface area contributed by atoms with Gasteiger partial charge in [-0.3, -0.25) is 18.2 Å². The van der Waals surface area contributed by atoms with Crippen LogP contribution in [0.25, 0.3) is 0 Å². The molecule has 0 fully saturated rings.